The van der Waals surface area contributed by atoms with Gasteiger partial charge in [-0.1, -0.05) is 13.8 Å². The van der Waals surface area contributed by atoms with E-state index >= 15 is 0 Å². The monoisotopic (exact) mass is 290 g/mol. The molecule has 0 unspecified atom stereocenters. The molecule has 2 amide bonds. The van der Waals surface area contributed by atoms with Gasteiger partial charge in [0.05, 0.1) is 6.42 Å². The number of rotatable bonds is 6. The largest absolute Gasteiger partial charge is 0.385 e. The first kappa shape index (κ1) is 15.5. The maximum absolute atomic E-state index is 12.2. The first-order chi connectivity index (χ1) is 9.91. The van der Waals surface area contributed by atoms with E-state index in [4.69, 9.17) is 4.74 Å². The number of nitrogens with one attached hydrogen (secondary N) is 2. The van der Waals surface area contributed by atoms with Crippen LogP contribution in [0.3, 0.4) is 0 Å². The summed E-state index contributed by atoms with van der Waals surface area (Å²) < 4.78 is 5.08. The summed E-state index contributed by atoms with van der Waals surface area (Å²) in [6.07, 6.45) is 1.22. The van der Waals surface area contributed by atoms with Crippen molar-refractivity contribution in [3.05, 3.63) is 29.3 Å². The van der Waals surface area contributed by atoms with E-state index in [1.54, 1.807) is 25.3 Å². The molecule has 0 fully saturated rings. The third-order valence-corrected chi connectivity index (χ3v) is 3.70. The summed E-state index contributed by atoms with van der Waals surface area (Å²) >= 11 is 0. The lowest BCUT2D eigenvalue weighted by atomic mass is 9.89. The predicted octanol–water partition coefficient (Wildman–Crippen LogP) is 1.97. The van der Waals surface area contributed by atoms with E-state index in [-0.39, 0.29) is 17.2 Å². The highest BCUT2D eigenvalue weighted by atomic mass is 16.5. The molecular weight excluding hydrogens is 268 g/mol. The van der Waals surface area contributed by atoms with Gasteiger partial charge in [-0.05, 0) is 35.6 Å². The molecule has 1 aromatic rings. The van der Waals surface area contributed by atoms with E-state index in [1.807, 2.05) is 0 Å². The van der Waals surface area contributed by atoms with Crippen LogP contribution in [0.5, 0.6) is 0 Å². The van der Waals surface area contributed by atoms with Gasteiger partial charge in [0, 0.05) is 31.5 Å². The van der Waals surface area contributed by atoms with Crippen molar-refractivity contribution >= 4 is 17.5 Å². The molecular formula is C16H22N2O3. The average molecular weight is 290 g/mol. The Labute approximate surface area is 125 Å². The van der Waals surface area contributed by atoms with Crippen molar-refractivity contribution in [2.24, 2.45) is 5.41 Å². The van der Waals surface area contributed by atoms with Gasteiger partial charge in [0.15, 0.2) is 0 Å². The van der Waals surface area contributed by atoms with E-state index in [2.05, 4.69) is 24.5 Å². The van der Waals surface area contributed by atoms with Crippen molar-refractivity contribution in [1.82, 2.24) is 5.32 Å². The van der Waals surface area contributed by atoms with Gasteiger partial charge in [-0.3, -0.25) is 9.59 Å². The number of amides is 2. The number of fused-ring (bicyclic) bond motifs is 1. The number of hydrogen-bond donors (Lipinski definition) is 2. The molecule has 0 atom stereocenters. The highest BCUT2D eigenvalue weighted by molar-refractivity contribution is 6.01. The fourth-order valence-electron chi connectivity index (χ4n) is 2.26. The molecule has 2 N–H and O–H groups in total. The second kappa shape index (κ2) is 6.26. The number of carbonyl (C=O) groups is 2. The molecule has 0 bridgehead atoms. The number of carbonyl (C=O) groups excluding carboxylic acids is 2. The molecule has 1 aliphatic heterocycles. The lowest BCUT2D eigenvalue weighted by Gasteiger charge is -2.24. The standard InChI is InChI=1S/C16H22N2O3/c1-16(2,6-7-21-3)10-17-15(20)11-4-5-13-12(8-11)9-14(19)18-13/h4-5,8H,6-7,9-10H2,1-3H3,(H,17,20)(H,18,19). The van der Waals surface area contributed by atoms with Gasteiger partial charge in [-0.2, -0.15) is 0 Å². The van der Waals surface area contributed by atoms with Crippen molar-refractivity contribution in [2.45, 2.75) is 26.7 Å². The Kier molecular flexibility index (Phi) is 4.63. The van der Waals surface area contributed by atoms with Gasteiger partial charge in [-0.25, -0.2) is 0 Å². The van der Waals surface area contributed by atoms with Gasteiger partial charge >= 0.3 is 0 Å². The minimum atomic E-state index is -0.109. The van der Waals surface area contributed by atoms with Gasteiger partial charge in [0.25, 0.3) is 5.91 Å². The Balaban J connectivity index is 1.95. The Hall–Kier alpha value is -1.88. The minimum Gasteiger partial charge on any atom is -0.385 e. The fraction of sp³-hybridized carbons (Fsp3) is 0.500. The van der Waals surface area contributed by atoms with Gasteiger partial charge < -0.3 is 15.4 Å². The Morgan fingerprint density at radius 2 is 2.19 bits per heavy atom. The Morgan fingerprint density at radius 1 is 1.43 bits per heavy atom. The summed E-state index contributed by atoms with van der Waals surface area (Å²) in [7, 11) is 1.68. The van der Waals surface area contributed by atoms with Crippen LogP contribution in [0.2, 0.25) is 0 Å². The third-order valence-electron chi connectivity index (χ3n) is 3.70. The first-order valence-corrected chi connectivity index (χ1v) is 7.11. The summed E-state index contributed by atoms with van der Waals surface area (Å²) in [4.78, 5) is 23.5. The van der Waals surface area contributed by atoms with Crippen molar-refractivity contribution in [1.29, 1.82) is 0 Å². The fourth-order valence-corrected chi connectivity index (χ4v) is 2.26. The second-order valence-corrected chi connectivity index (χ2v) is 6.19. The molecule has 0 aromatic heterocycles. The zero-order chi connectivity index (χ0) is 15.5. The Morgan fingerprint density at radius 3 is 2.90 bits per heavy atom. The van der Waals surface area contributed by atoms with Crippen molar-refractivity contribution in [2.75, 3.05) is 25.6 Å². The van der Waals surface area contributed by atoms with Crippen LogP contribution in [0.4, 0.5) is 5.69 Å². The quantitative estimate of drug-likeness (QED) is 0.841. The molecule has 0 spiro atoms. The van der Waals surface area contributed by atoms with Crippen LogP contribution >= 0.6 is 0 Å². The molecule has 1 heterocycles. The number of benzene rings is 1. The highest BCUT2D eigenvalue weighted by Crippen LogP contribution is 2.24. The molecule has 0 saturated carbocycles. The van der Waals surface area contributed by atoms with E-state index in [0.29, 0.717) is 25.1 Å². The molecule has 0 saturated heterocycles. The van der Waals surface area contributed by atoms with Crippen LogP contribution in [0, 0.1) is 5.41 Å². The predicted molar refractivity (Wildman–Crippen MR) is 81.4 cm³/mol. The maximum atomic E-state index is 12.2. The van der Waals surface area contributed by atoms with Crippen LogP contribution in [0.25, 0.3) is 0 Å². The van der Waals surface area contributed by atoms with Crippen LogP contribution in [0.1, 0.15) is 36.2 Å². The van der Waals surface area contributed by atoms with Gasteiger partial charge in [-0.15, -0.1) is 0 Å². The average Bonchev–Trinajstić information content (AvgIpc) is 2.81. The molecule has 21 heavy (non-hydrogen) atoms. The zero-order valence-electron chi connectivity index (χ0n) is 12.8. The van der Waals surface area contributed by atoms with E-state index < -0.39 is 0 Å². The van der Waals surface area contributed by atoms with E-state index in [0.717, 1.165) is 17.7 Å². The summed E-state index contributed by atoms with van der Waals surface area (Å²) in [6.45, 7) is 5.45. The number of anilines is 1. The summed E-state index contributed by atoms with van der Waals surface area (Å²) in [5.74, 6) is -0.133. The van der Waals surface area contributed by atoms with Crippen molar-refractivity contribution in [3.8, 4) is 0 Å². The molecule has 5 nitrogen and oxygen atoms in total. The lowest BCUT2D eigenvalue weighted by molar-refractivity contribution is -0.115. The van der Waals surface area contributed by atoms with Crippen molar-refractivity contribution < 1.29 is 14.3 Å². The second-order valence-electron chi connectivity index (χ2n) is 6.19. The minimum absolute atomic E-state index is 0.0140. The Bertz CT molecular complexity index is 552. The maximum Gasteiger partial charge on any atom is 0.251 e. The molecule has 114 valence electrons. The topological polar surface area (TPSA) is 67.4 Å². The van der Waals surface area contributed by atoms with Crippen LogP contribution in [-0.2, 0) is 16.0 Å². The number of ether oxygens (including phenoxy) is 1. The highest BCUT2D eigenvalue weighted by Gasteiger charge is 2.21. The van der Waals surface area contributed by atoms with Crippen LogP contribution in [0.15, 0.2) is 18.2 Å². The SMILES string of the molecule is COCCC(C)(C)CNC(=O)c1ccc2c(c1)CC(=O)N2. The van der Waals surface area contributed by atoms with Crippen LogP contribution in [-0.4, -0.2) is 32.1 Å². The van der Waals surface area contributed by atoms with Crippen LogP contribution < -0.4 is 10.6 Å². The number of hydrogen-bond acceptors (Lipinski definition) is 3. The smallest absolute Gasteiger partial charge is 0.251 e. The summed E-state index contributed by atoms with van der Waals surface area (Å²) in [5, 5.41) is 5.71. The third kappa shape index (κ3) is 4.04. The first-order valence-electron chi connectivity index (χ1n) is 7.11. The lowest BCUT2D eigenvalue weighted by Crippen LogP contribution is -2.34. The molecule has 2 rings (SSSR count). The van der Waals surface area contributed by atoms with Gasteiger partial charge in [0.2, 0.25) is 5.91 Å². The molecule has 0 radical (unpaired) electrons. The molecule has 1 aliphatic rings. The molecule has 1 aromatic carbocycles. The summed E-state index contributed by atoms with van der Waals surface area (Å²) in [5.41, 5.74) is 2.26. The van der Waals surface area contributed by atoms with E-state index in [1.165, 1.54) is 0 Å². The molecule has 5 heteroatoms. The van der Waals surface area contributed by atoms with E-state index in [9.17, 15) is 9.59 Å². The zero-order valence-corrected chi connectivity index (χ0v) is 12.8. The van der Waals surface area contributed by atoms with Crippen molar-refractivity contribution in [3.63, 3.8) is 0 Å². The summed E-state index contributed by atoms with van der Waals surface area (Å²) in [6, 6.07) is 5.30. The number of methoxy groups -OCH3 is 1. The normalized spacial score (nSPS) is 13.8. The molecule has 0 aliphatic carbocycles. The van der Waals surface area contributed by atoms with Gasteiger partial charge in [0.1, 0.15) is 0 Å².